The van der Waals surface area contributed by atoms with Gasteiger partial charge in [0.05, 0.1) is 5.75 Å². The summed E-state index contributed by atoms with van der Waals surface area (Å²) in [5.41, 5.74) is -0.183. The summed E-state index contributed by atoms with van der Waals surface area (Å²) in [5, 5.41) is 8.88. The lowest BCUT2D eigenvalue weighted by atomic mass is 9.90. The van der Waals surface area contributed by atoms with Crippen LogP contribution in [0.5, 0.6) is 0 Å². The molecule has 0 saturated heterocycles. The van der Waals surface area contributed by atoms with Crippen LogP contribution in [0.3, 0.4) is 0 Å². The Morgan fingerprint density at radius 3 is 2.41 bits per heavy atom. The number of nitrogens with one attached hydrogen (secondary N) is 1. The summed E-state index contributed by atoms with van der Waals surface area (Å²) in [6.07, 6.45) is 5.02. The molecule has 0 radical (unpaired) electrons. The normalized spacial score (nSPS) is 18.8. The van der Waals surface area contributed by atoms with Crippen molar-refractivity contribution < 1.29 is 13.5 Å². The van der Waals surface area contributed by atoms with E-state index in [0.717, 1.165) is 25.7 Å². The lowest BCUT2D eigenvalue weighted by Gasteiger charge is -2.24. The van der Waals surface area contributed by atoms with Crippen molar-refractivity contribution in [2.75, 3.05) is 18.9 Å². The van der Waals surface area contributed by atoms with E-state index in [-0.39, 0.29) is 17.8 Å². The van der Waals surface area contributed by atoms with E-state index in [0.29, 0.717) is 18.9 Å². The van der Waals surface area contributed by atoms with Gasteiger partial charge in [-0.15, -0.1) is 0 Å². The fourth-order valence-corrected chi connectivity index (χ4v) is 3.93. The molecule has 17 heavy (non-hydrogen) atoms. The maximum atomic E-state index is 11.9. The van der Waals surface area contributed by atoms with Crippen LogP contribution in [-0.2, 0) is 10.0 Å². The SMILES string of the molecule is CC(C)(CCO)CNS(=O)(=O)CC1CCCC1. The van der Waals surface area contributed by atoms with E-state index in [2.05, 4.69) is 4.72 Å². The van der Waals surface area contributed by atoms with E-state index >= 15 is 0 Å². The molecular weight excluding hydrogens is 238 g/mol. The summed E-state index contributed by atoms with van der Waals surface area (Å²) in [7, 11) is -3.15. The van der Waals surface area contributed by atoms with Crippen molar-refractivity contribution in [1.82, 2.24) is 4.72 Å². The van der Waals surface area contributed by atoms with Crippen LogP contribution >= 0.6 is 0 Å². The Labute approximate surface area is 105 Å². The van der Waals surface area contributed by atoms with Crippen LogP contribution in [0, 0.1) is 11.3 Å². The predicted molar refractivity (Wildman–Crippen MR) is 69.2 cm³/mol. The molecule has 1 rings (SSSR count). The van der Waals surface area contributed by atoms with Crippen molar-refractivity contribution in [3.8, 4) is 0 Å². The summed E-state index contributed by atoms with van der Waals surface area (Å²) >= 11 is 0. The highest BCUT2D eigenvalue weighted by Gasteiger charge is 2.25. The van der Waals surface area contributed by atoms with Gasteiger partial charge < -0.3 is 5.11 Å². The predicted octanol–water partition coefficient (Wildman–Crippen LogP) is 1.50. The Hall–Kier alpha value is -0.130. The second-order valence-electron chi connectivity index (χ2n) is 5.89. The minimum atomic E-state index is -3.15. The summed E-state index contributed by atoms with van der Waals surface area (Å²) in [5.74, 6) is 0.607. The first kappa shape index (κ1) is 14.9. The summed E-state index contributed by atoms with van der Waals surface area (Å²) in [6, 6.07) is 0. The van der Waals surface area contributed by atoms with Crippen molar-refractivity contribution >= 4 is 10.0 Å². The number of hydrogen-bond acceptors (Lipinski definition) is 3. The van der Waals surface area contributed by atoms with E-state index in [9.17, 15) is 8.42 Å². The second kappa shape index (κ2) is 6.16. The molecule has 0 aromatic heterocycles. The Morgan fingerprint density at radius 1 is 1.29 bits per heavy atom. The molecule has 0 amide bonds. The van der Waals surface area contributed by atoms with Gasteiger partial charge in [0.2, 0.25) is 10.0 Å². The molecule has 0 bridgehead atoms. The largest absolute Gasteiger partial charge is 0.396 e. The van der Waals surface area contributed by atoms with E-state index < -0.39 is 10.0 Å². The van der Waals surface area contributed by atoms with Gasteiger partial charge in [-0.05, 0) is 30.6 Å². The Morgan fingerprint density at radius 2 is 1.88 bits per heavy atom. The van der Waals surface area contributed by atoms with Crippen molar-refractivity contribution in [3.05, 3.63) is 0 Å². The molecule has 0 heterocycles. The molecule has 0 aromatic rings. The van der Waals surface area contributed by atoms with Gasteiger partial charge in [-0.2, -0.15) is 0 Å². The zero-order chi connectivity index (χ0) is 12.9. The van der Waals surface area contributed by atoms with E-state index in [1.54, 1.807) is 0 Å². The van der Waals surface area contributed by atoms with Crippen LogP contribution < -0.4 is 4.72 Å². The number of aliphatic hydroxyl groups is 1. The first-order chi connectivity index (χ1) is 7.85. The Kier molecular flexibility index (Phi) is 5.41. The third kappa shape index (κ3) is 5.84. The third-order valence-electron chi connectivity index (χ3n) is 3.49. The van der Waals surface area contributed by atoms with Crippen molar-refractivity contribution in [3.63, 3.8) is 0 Å². The van der Waals surface area contributed by atoms with Gasteiger partial charge in [-0.1, -0.05) is 26.7 Å². The highest BCUT2D eigenvalue weighted by molar-refractivity contribution is 7.89. The minimum absolute atomic E-state index is 0.0946. The molecule has 0 aromatic carbocycles. The minimum Gasteiger partial charge on any atom is -0.396 e. The van der Waals surface area contributed by atoms with E-state index in [1.807, 2.05) is 13.8 Å². The molecular formula is C12H25NO3S. The molecule has 1 aliphatic carbocycles. The molecule has 1 aliphatic rings. The van der Waals surface area contributed by atoms with Gasteiger partial charge in [0, 0.05) is 13.2 Å². The van der Waals surface area contributed by atoms with Crippen LogP contribution in [0.4, 0.5) is 0 Å². The first-order valence-electron chi connectivity index (χ1n) is 6.43. The maximum absolute atomic E-state index is 11.9. The average molecular weight is 263 g/mol. The lowest BCUT2D eigenvalue weighted by molar-refractivity contribution is 0.213. The molecule has 0 atom stereocenters. The zero-order valence-electron chi connectivity index (χ0n) is 10.9. The second-order valence-corrected chi connectivity index (χ2v) is 7.74. The molecule has 5 heteroatoms. The number of hydrogen-bond donors (Lipinski definition) is 2. The monoisotopic (exact) mass is 263 g/mol. The highest BCUT2D eigenvalue weighted by atomic mass is 32.2. The fourth-order valence-electron chi connectivity index (χ4n) is 2.24. The quantitative estimate of drug-likeness (QED) is 0.731. The number of sulfonamides is 1. The average Bonchev–Trinajstić information content (AvgIpc) is 2.67. The molecule has 2 N–H and O–H groups in total. The van der Waals surface area contributed by atoms with Gasteiger partial charge in [-0.3, -0.25) is 0 Å². The zero-order valence-corrected chi connectivity index (χ0v) is 11.7. The topological polar surface area (TPSA) is 66.4 Å². The van der Waals surface area contributed by atoms with Crippen molar-refractivity contribution in [2.24, 2.45) is 11.3 Å². The van der Waals surface area contributed by atoms with Crippen LogP contribution in [0.2, 0.25) is 0 Å². The first-order valence-corrected chi connectivity index (χ1v) is 8.08. The fraction of sp³-hybridized carbons (Fsp3) is 1.00. The van der Waals surface area contributed by atoms with Crippen LogP contribution in [0.1, 0.15) is 46.0 Å². The number of rotatable bonds is 7. The van der Waals surface area contributed by atoms with Crippen LogP contribution in [-0.4, -0.2) is 32.4 Å². The molecule has 0 aliphatic heterocycles. The van der Waals surface area contributed by atoms with E-state index in [1.165, 1.54) is 0 Å². The van der Waals surface area contributed by atoms with E-state index in [4.69, 9.17) is 5.11 Å². The number of aliphatic hydroxyl groups excluding tert-OH is 1. The molecule has 0 spiro atoms. The molecule has 0 unspecified atom stereocenters. The Bertz CT molecular complexity index is 319. The van der Waals surface area contributed by atoms with Gasteiger partial charge in [0.1, 0.15) is 0 Å². The summed E-state index contributed by atoms with van der Waals surface area (Å²) in [6.45, 7) is 4.42. The molecule has 102 valence electrons. The van der Waals surface area contributed by atoms with Crippen LogP contribution in [0.15, 0.2) is 0 Å². The van der Waals surface area contributed by atoms with Crippen LogP contribution in [0.25, 0.3) is 0 Å². The molecule has 1 fully saturated rings. The van der Waals surface area contributed by atoms with Gasteiger partial charge in [-0.25, -0.2) is 13.1 Å². The third-order valence-corrected chi connectivity index (χ3v) is 4.98. The van der Waals surface area contributed by atoms with Crippen molar-refractivity contribution in [2.45, 2.75) is 46.0 Å². The smallest absolute Gasteiger partial charge is 0.211 e. The maximum Gasteiger partial charge on any atom is 0.211 e. The lowest BCUT2D eigenvalue weighted by Crippen LogP contribution is -2.37. The van der Waals surface area contributed by atoms with Gasteiger partial charge in [0.25, 0.3) is 0 Å². The Balaban J connectivity index is 2.38. The highest BCUT2D eigenvalue weighted by Crippen LogP contribution is 2.26. The standard InChI is InChI=1S/C12H25NO3S/c1-12(2,7-8-14)10-13-17(15,16)9-11-5-3-4-6-11/h11,13-14H,3-10H2,1-2H3. The molecule has 1 saturated carbocycles. The van der Waals surface area contributed by atoms with Gasteiger partial charge >= 0.3 is 0 Å². The van der Waals surface area contributed by atoms with Gasteiger partial charge in [0.15, 0.2) is 0 Å². The van der Waals surface area contributed by atoms with Crippen molar-refractivity contribution in [1.29, 1.82) is 0 Å². The summed E-state index contributed by atoms with van der Waals surface area (Å²) < 4.78 is 26.4. The summed E-state index contributed by atoms with van der Waals surface area (Å²) in [4.78, 5) is 0. The molecule has 4 nitrogen and oxygen atoms in total.